The first-order chi connectivity index (χ1) is 11.9. The van der Waals surface area contributed by atoms with E-state index in [0.717, 1.165) is 35.4 Å². The Bertz CT molecular complexity index is 936. The van der Waals surface area contributed by atoms with Gasteiger partial charge in [-0.2, -0.15) is 5.10 Å². The molecule has 1 N–H and O–H groups in total. The second-order valence-electron chi connectivity index (χ2n) is 6.53. The number of nitrogens with one attached hydrogen (secondary N) is 1. The molecule has 1 amide bonds. The average Bonchev–Trinajstić information content (AvgIpc) is 2.84. The van der Waals surface area contributed by atoms with Crippen molar-refractivity contribution in [1.29, 1.82) is 0 Å². The summed E-state index contributed by atoms with van der Waals surface area (Å²) < 4.78 is 1.92. The molecule has 0 aliphatic rings. The Morgan fingerprint density at radius 3 is 2.44 bits per heavy atom. The summed E-state index contributed by atoms with van der Waals surface area (Å²) in [5, 5.41) is 7.57. The van der Waals surface area contributed by atoms with E-state index in [2.05, 4.69) is 44.3 Å². The number of fused-ring (bicyclic) bond motifs is 1. The van der Waals surface area contributed by atoms with Crippen molar-refractivity contribution in [2.45, 2.75) is 47.5 Å². The van der Waals surface area contributed by atoms with Gasteiger partial charge < -0.3 is 5.32 Å². The molecule has 0 aliphatic carbocycles. The van der Waals surface area contributed by atoms with E-state index < -0.39 is 0 Å². The molecule has 5 heteroatoms. The van der Waals surface area contributed by atoms with Crippen LogP contribution >= 0.6 is 0 Å². The number of carbonyl (C=O) groups is 1. The number of rotatable bonds is 4. The number of amides is 1. The quantitative estimate of drug-likeness (QED) is 0.775. The number of carbonyl (C=O) groups excluding carboxylic acids is 1. The second-order valence-corrected chi connectivity index (χ2v) is 6.53. The summed E-state index contributed by atoms with van der Waals surface area (Å²) in [6.07, 6.45) is 1.87. The first kappa shape index (κ1) is 17.1. The van der Waals surface area contributed by atoms with E-state index in [1.165, 1.54) is 23.6 Å². The minimum atomic E-state index is -0.121. The lowest BCUT2D eigenvalue weighted by molar-refractivity contribution is -0.114. The summed E-state index contributed by atoms with van der Waals surface area (Å²) >= 11 is 0. The van der Waals surface area contributed by atoms with Crippen molar-refractivity contribution >= 4 is 17.4 Å². The molecule has 1 aromatic carbocycles. The molecular weight excluding hydrogens is 312 g/mol. The molecule has 0 saturated carbocycles. The van der Waals surface area contributed by atoms with Gasteiger partial charge in [-0.05, 0) is 43.9 Å². The first-order valence-corrected chi connectivity index (χ1v) is 8.65. The number of hydrogen-bond acceptors (Lipinski definition) is 3. The number of hydrogen-bond donors (Lipinski definition) is 1. The van der Waals surface area contributed by atoms with Gasteiger partial charge in [-0.3, -0.25) is 4.79 Å². The molecule has 0 saturated heterocycles. The maximum absolute atomic E-state index is 11.5. The summed E-state index contributed by atoms with van der Waals surface area (Å²) in [4.78, 5) is 16.2. The van der Waals surface area contributed by atoms with Gasteiger partial charge >= 0.3 is 0 Å². The second kappa shape index (κ2) is 6.67. The summed E-state index contributed by atoms with van der Waals surface area (Å²) in [5.74, 6) is 0.458. The van der Waals surface area contributed by atoms with Gasteiger partial charge in [0.25, 0.3) is 0 Å². The topological polar surface area (TPSA) is 59.3 Å². The highest BCUT2D eigenvalue weighted by Crippen LogP contribution is 2.33. The maximum Gasteiger partial charge on any atom is 0.222 e. The predicted octanol–water partition coefficient (Wildman–Crippen LogP) is 4.23. The van der Waals surface area contributed by atoms with Crippen molar-refractivity contribution < 1.29 is 4.79 Å². The minimum absolute atomic E-state index is 0.121. The molecule has 0 aliphatic heterocycles. The van der Waals surface area contributed by atoms with Gasteiger partial charge in [-0.15, -0.1) is 0 Å². The van der Waals surface area contributed by atoms with Gasteiger partial charge in [0.05, 0.1) is 11.3 Å². The zero-order valence-corrected chi connectivity index (χ0v) is 15.5. The lowest BCUT2D eigenvalue weighted by Crippen LogP contribution is -2.10. The van der Waals surface area contributed by atoms with Gasteiger partial charge in [0.2, 0.25) is 5.91 Å². The lowest BCUT2D eigenvalue weighted by Gasteiger charge is -2.11. The van der Waals surface area contributed by atoms with Crippen LogP contribution in [0, 0.1) is 20.8 Å². The van der Waals surface area contributed by atoms with E-state index >= 15 is 0 Å². The molecule has 0 fully saturated rings. The van der Waals surface area contributed by atoms with Crippen LogP contribution in [0.5, 0.6) is 0 Å². The highest BCUT2D eigenvalue weighted by molar-refractivity contribution is 5.89. The van der Waals surface area contributed by atoms with Crippen LogP contribution in [0.15, 0.2) is 24.3 Å². The third-order valence-electron chi connectivity index (χ3n) is 4.38. The Kier molecular flexibility index (Phi) is 4.57. The maximum atomic E-state index is 11.5. The van der Waals surface area contributed by atoms with Crippen LogP contribution in [0.2, 0.25) is 0 Å². The van der Waals surface area contributed by atoms with Crippen molar-refractivity contribution in [3.05, 3.63) is 46.8 Å². The van der Waals surface area contributed by atoms with Crippen LogP contribution in [0.1, 0.15) is 42.8 Å². The van der Waals surface area contributed by atoms with Crippen LogP contribution in [0.3, 0.4) is 0 Å². The van der Waals surface area contributed by atoms with Gasteiger partial charge in [0, 0.05) is 18.7 Å². The molecule has 5 nitrogen and oxygen atoms in total. The van der Waals surface area contributed by atoms with Gasteiger partial charge in [-0.25, -0.2) is 9.50 Å². The standard InChI is InChI=1S/C20H24N4O/c1-6-8-16-11-17(21-15(5)25)22-20-19(14(4)23-24(16)20)18-12(2)9-7-10-13(18)3/h7,9-11H,6,8H2,1-5H3,(H,21,22,25). The normalized spacial score (nSPS) is 11.1. The van der Waals surface area contributed by atoms with Crippen LogP contribution in [-0.2, 0) is 11.2 Å². The molecule has 0 spiro atoms. The average molecular weight is 336 g/mol. The Morgan fingerprint density at radius 2 is 1.84 bits per heavy atom. The molecule has 0 radical (unpaired) electrons. The zero-order chi connectivity index (χ0) is 18.1. The van der Waals surface area contributed by atoms with Crippen LogP contribution < -0.4 is 5.32 Å². The lowest BCUT2D eigenvalue weighted by atomic mass is 9.96. The Hall–Kier alpha value is -2.69. The largest absolute Gasteiger partial charge is 0.311 e. The van der Waals surface area contributed by atoms with Crippen molar-refractivity contribution in [2.75, 3.05) is 5.32 Å². The van der Waals surface area contributed by atoms with Crippen molar-refractivity contribution in [3.63, 3.8) is 0 Å². The molecule has 2 aromatic heterocycles. The molecule has 0 atom stereocenters. The monoisotopic (exact) mass is 336 g/mol. The van der Waals surface area contributed by atoms with Gasteiger partial charge in [-0.1, -0.05) is 31.5 Å². The molecule has 3 rings (SSSR count). The van der Waals surface area contributed by atoms with E-state index in [9.17, 15) is 4.79 Å². The van der Waals surface area contributed by atoms with Crippen LogP contribution in [0.25, 0.3) is 16.8 Å². The molecular formula is C20H24N4O. The van der Waals surface area contributed by atoms with E-state index in [0.29, 0.717) is 5.82 Å². The highest BCUT2D eigenvalue weighted by atomic mass is 16.1. The number of anilines is 1. The number of aryl methyl sites for hydroxylation is 4. The van der Waals surface area contributed by atoms with E-state index in [-0.39, 0.29) is 5.91 Å². The fourth-order valence-electron chi connectivity index (χ4n) is 3.36. The van der Waals surface area contributed by atoms with Gasteiger partial charge in [0.1, 0.15) is 5.82 Å². The number of aromatic nitrogens is 3. The highest BCUT2D eigenvalue weighted by Gasteiger charge is 2.19. The Balaban J connectivity index is 2.34. The molecule has 130 valence electrons. The number of benzene rings is 1. The van der Waals surface area contributed by atoms with E-state index in [1.54, 1.807) is 0 Å². The van der Waals surface area contributed by atoms with Crippen molar-refractivity contribution in [1.82, 2.24) is 14.6 Å². The molecule has 25 heavy (non-hydrogen) atoms. The fraction of sp³-hybridized carbons (Fsp3) is 0.350. The first-order valence-electron chi connectivity index (χ1n) is 8.65. The summed E-state index contributed by atoms with van der Waals surface area (Å²) in [7, 11) is 0. The SMILES string of the molecule is CCCc1cc(NC(C)=O)nc2c(-c3c(C)cccc3C)c(C)nn12. The molecule has 3 aromatic rings. The molecule has 2 heterocycles. The van der Waals surface area contributed by atoms with Crippen LogP contribution in [-0.4, -0.2) is 20.5 Å². The summed E-state index contributed by atoms with van der Waals surface area (Å²) in [6.45, 7) is 9.86. The summed E-state index contributed by atoms with van der Waals surface area (Å²) in [6, 6.07) is 8.19. The number of nitrogens with zero attached hydrogens (tertiary/aromatic N) is 3. The molecule has 0 bridgehead atoms. The third kappa shape index (κ3) is 3.14. The Morgan fingerprint density at radius 1 is 1.16 bits per heavy atom. The van der Waals surface area contributed by atoms with Gasteiger partial charge in [0.15, 0.2) is 5.65 Å². The minimum Gasteiger partial charge on any atom is -0.311 e. The smallest absolute Gasteiger partial charge is 0.222 e. The molecule has 0 unspecified atom stereocenters. The van der Waals surface area contributed by atoms with E-state index in [1.807, 2.05) is 17.5 Å². The summed E-state index contributed by atoms with van der Waals surface area (Å²) in [5.41, 5.74) is 7.40. The Labute approximate surface area is 148 Å². The fourth-order valence-corrected chi connectivity index (χ4v) is 3.36. The predicted molar refractivity (Wildman–Crippen MR) is 101 cm³/mol. The van der Waals surface area contributed by atoms with Crippen molar-refractivity contribution in [3.8, 4) is 11.1 Å². The zero-order valence-electron chi connectivity index (χ0n) is 15.5. The third-order valence-corrected chi connectivity index (χ3v) is 4.38. The van der Waals surface area contributed by atoms with Crippen molar-refractivity contribution in [2.24, 2.45) is 0 Å². The van der Waals surface area contributed by atoms with Crippen LogP contribution in [0.4, 0.5) is 5.82 Å². The van der Waals surface area contributed by atoms with E-state index in [4.69, 9.17) is 10.1 Å².